The van der Waals surface area contributed by atoms with E-state index >= 15 is 0 Å². The van der Waals surface area contributed by atoms with E-state index in [2.05, 4.69) is 20.6 Å². The van der Waals surface area contributed by atoms with E-state index in [1.165, 1.54) is 28.6 Å². The number of primary sulfonamides is 1. The minimum Gasteiger partial charge on any atom is -0.338 e. The van der Waals surface area contributed by atoms with Crippen molar-refractivity contribution in [3.63, 3.8) is 0 Å². The fraction of sp³-hybridized carbons (Fsp3) is 0.238. The molecule has 10 nitrogen and oxygen atoms in total. The van der Waals surface area contributed by atoms with E-state index in [9.17, 15) is 21.2 Å². The van der Waals surface area contributed by atoms with Crippen molar-refractivity contribution in [1.29, 1.82) is 0 Å². The van der Waals surface area contributed by atoms with Gasteiger partial charge in [-0.05, 0) is 60.9 Å². The summed E-state index contributed by atoms with van der Waals surface area (Å²) in [7, 11) is -7.07. The van der Waals surface area contributed by atoms with Gasteiger partial charge in [0.15, 0.2) is 11.6 Å². The number of anilines is 4. The fourth-order valence-electron chi connectivity index (χ4n) is 3.53. The van der Waals surface area contributed by atoms with E-state index in [0.29, 0.717) is 30.9 Å². The smallest absolute Gasteiger partial charge is 0.238 e. The van der Waals surface area contributed by atoms with E-state index < -0.39 is 25.9 Å². The molecule has 1 aromatic heterocycles. The zero-order valence-electron chi connectivity index (χ0n) is 18.2. The molecule has 34 heavy (non-hydrogen) atoms. The van der Waals surface area contributed by atoms with Crippen LogP contribution in [0.15, 0.2) is 53.6 Å². The summed E-state index contributed by atoms with van der Waals surface area (Å²) >= 11 is 0. The quantitative estimate of drug-likeness (QED) is 0.443. The first-order valence-corrected chi connectivity index (χ1v) is 13.5. The van der Waals surface area contributed by atoms with Crippen molar-refractivity contribution in [2.45, 2.75) is 24.8 Å². The van der Waals surface area contributed by atoms with Crippen molar-refractivity contribution in [3.05, 3.63) is 65.6 Å². The Balaban J connectivity index is 1.50. The van der Waals surface area contributed by atoms with E-state index in [0.717, 1.165) is 17.3 Å². The maximum atomic E-state index is 14.4. The molecule has 2 heterocycles. The van der Waals surface area contributed by atoms with Gasteiger partial charge in [0.25, 0.3) is 0 Å². The van der Waals surface area contributed by atoms with E-state index in [1.54, 1.807) is 13.0 Å². The number of hydrogen-bond acceptors (Lipinski definition) is 8. The third kappa shape index (κ3) is 5.33. The zero-order valence-corrected chi connectivity index (χ0v) is 19.8. The molecule has 0 spiro atoms. The molecule has 2 aromatic carbocycles. The third-order valence-electron chi connectivity index (χ3n) is 5.39. The van der Waals surface area contributed by atoms with Crippen LogP contribution in [-0.4, -0.2) is 43.4 Å². The third-order valence-corrected chi connectivity index (χ3v) is 8.14. The number of nitrogens with zero attached hydrogens (tertiary/aromatic N) is 3. The highest BCUT2D eigenvalue weighted by Crippen LogP contribution is 2.27. The lowest BCUT2D eigenvalue weighted by molar-refractivity contribution is 0.392. The van der Waals surface area contributed by atoms with Crippen molar-refractivity contribution in [3.8, 4) is 0 Å². The Morgan fingerprint density at radius 3 is 2.41 bits per heavy atom. The summed E-state index contributed by atoms with van der Waals surface area (Å²) in [6, 6.07) is 11.1. The molecule has 0 saturated heterocycles. The Labute approximate surface area is 197 Å². The molecule has 0 unspecified atom stereocenters. The first kappa shape index (κ1) is 24.0. The lowest BCUT2D eigenvalue weighted by atomic mass is 10.0. The van der Waals surface area contributed by atoms with E-state index in [4.69, 9.17) is 5.14 Å². The van der Waals surface area contributed by atoms with Gasteiger partial charge in [-0.3, -0.25) is 0 Å². The Bertz CT molecular complexity index is 1430. The van der Waals surface area contributed by atoms with Gasteiger partial charge in [0.05, 0.1) is 16.8 Å². The minimum atomic E-state index is -3.81. The van der Waals surface area contributed by atoms with Gasteiger partial charge in [-0.25, -0.2) is 31.3 Å². The van der Waals surface area contributed by atoms with Gasteiger partial charge < -0.3 is 10.6 Å². The molecule has 0 atom stereocenters. The normalized spacial score (nSPS) is 14.4. The van der Waals surface area contributed by atoms with Crippen LogP contribution in [0.3, 0.4) is 0 Å². The molecule has 4 N–H and O–H groups in total. The molecule has 4 rings (SSSR count). The second-order valence-electron chi connectivity index (χ2n) is 7.68. The second-order valence-corrected chi connectivity index (χ2v) is 11.5. The van der Waals surface area contributed by atoms with Crippen LogP contribution in [0, 0.1) is 5.82 Å². The number of fused-ring (bicyclic) bond motifs is 1. The monoisotopic (exact) mass is 506 g/mol. The predicted octanol–water partition coefficient (Wildman–Crippen LogP) is 2.46. The molecular formula is C21H23FN6O4S2. The van der Waals surface area contributed by atoms with Gasteiger partial charge in [-0.2, -0.15) is 9.29 Å². The van der Waals surface area contributed by atoms with Crippen LogP contribution in [0.4, 0.5) is 27.5 Å². The maximum absolute atomic E-state index is 14.4. The molecule has 13 heteroatoms. The summed E-state index contributed by atoms with van der Waals surface area (Å²) in [5, 5.41) is 10.9. The number of aromatic nitrogens is 2. The highest BCUT2D eigenvalue weighted by atomic mass is 32.2. The molecule has 0 amide bonds. The van der Waals surface area contributed by atoms with Gasteiger partial charge in [-0.1, -0.05) is 6.07 Å². The van der Waals surface area contributed by atoms with Crippen LogP contribution in [0.2, 0.25) is 0 Å². The van der Waals surface area contributed by atoms with Crippen LogP contribution >= 0.6 is 0 Å². The molecule has 1 aliphatic rings. The molecule has 0 aliphatic carbocycles. The lowest BCUT2D eigenvalue weighted by Crippen LogP contribution is -2.36. The average Bonchev–Trinajstić information content (AvgIpc) is 2.80. The number of rotatable bonds is 7. The summed E-state index contributed by atoms with van der Waals surface area (Å²) in [4.78, 5) is 8.04. The van der Waals surface area contributed by atoms with Gasteiger partial charge in [0.1, 0.15) is 0 Å². The molecular weight excluding hydrogens is 483 g/mol. The standard InChI is InChI=1S/C21H23FN6O4S2/c1-2-33(29,30)28-10-9-14-11-17(4-3-15(14)13-28)25-20-19(22)12-24-21(27-20)26-16-5-7-18(8-6-16)34(23,31)32/h3-8,11-12H,2,9-10,13H2,1H3,(H2,23,31,32)(H2,24,25,26,27). The topological polar surface area (TPSA) is 147 Å². The summed E-state index contributed by atoms with van der Waals surface area (Å²) in [6.45, 7) is 2.33. The molecule has 0 bridgehead atoms. The molecule has 180 valence electrons. The Morgan fingerprint density at radius 1 is 1.03 bits per heavy atom. The molecule has 0 radical (unpaired) electrons. The van der Waals surface area contributed by atoms with Gasteiger partial charge >= 0.3 is 0 Å². The Morgan fingerprint density at radius 2 is 1.74 bits per heavy atom. The van der Waals surface area contributed by atoms with Gasteiger partial charge in [0, 0.05) is 24.5 Å². The first-order valence-electron chi connectivity index (χ1n) is 10.3. The minimum absolute atomic E-state index is 0.0387. The highest BCUT2D eigenvalue weighted by Gasteiger charge is 2.25. The number of benzene rings is 2. The van der Waals surface area contributed by atoms with Crippen molar-refractivity contribution >= 4 is 43.2 Å². The number of nitrogens with one attached hydrogen (secondary N) is 2. The van der Waals surface area contributed by atoms with E-state index in [-0.39, 0.29) is 22.4 Å². The van der Waals surface area contributed by atoms with Crippen LogP contribution < -0.4 is 15.8 Å². The lowest BCUT2D eigenvalue weighted by Gasteiger charge is -2.28. The molecule has 1 aliphatic heterocycles. The number of sulfonamides is 2. The van der Waals surface area contributed by atoms with Crippen molar-refractivity contribution in [2.75, 3.05) is 22.9 Å². The molecule has 0 saturated carbocycles. The fourth-order valence-corrected chi connectivity index (χ4v) is 5.12. The summed E-state index contributed by atoms with van der Waals surface area (Å²) < 4.78 is 62.9. The largest absolute Gasteiger partial charge is 0.338 e. The van der Waals surface area contributed by atoms with Crippen molar-refractivity contribution < 1.29 is 21.2 Å². The first-order chi connectivity index (χ1) is 16.0. The number of halogens is 1. The van der Waals surface area contributed by atoms with E-state index in [1.807, 2.05) is 12.1 Å². The Hall–Kier alpha value is -3.13. The van der Waals surface area contributed by atoms with Crippen molar-refractivity contribution in [2.24, 2.45) is 5.14 Å². The summed E-state index contributed by atoms with van der Waals surface area (Å²) in [5.74, 6) is -0.551. The van der Waals surface area contributed by atoms with Gasteiger partial charge in [0.2, 0.25) is 26.0 Å². The average molecular weight is 507 g/mol. The SMILES string of the molecule is CCS(=O)(=O)N1CCc2cc(Nc3nc(Nc4ccc(S(N)(=O)=O)cc4)ncc3F)ccc2C1. The predicted molar refractivity (Wildman–Crippen MR) is 126 cm³/mol. The van der Waals surface area contributed by atoms with Crippen LogP contribution in [0.25, 0.3) is 0 Å². The summed E-state index contributed by atoms with van der Waals surface area (Å²) in [5.41, 5.74) is 2.98. The van der Waals surface area contributed by atoms with Crippen LogP contribution in [-0.2, 0) is 33.0 Å². The highest BCUT2D eigenvalue weighted by molar-refractivity contribution is 7.89. The zero-order chi connectivity index (χ0) is 24.5. The molecule has 0 fully saturated rings. The Kier molecular flexibility index (Phi) is 6.53. The summed E-state index contributed by atoms with van der Waals surface area (Å²) in [6.07, 6.45) is 1.57. The number of hydrogen-bond donors (Lipinski definition) is 3. The van der Waals surface area contributed by atoms with Crippen LogP contribution in [0.1, 0.15) is 18.1 Å². The molecule has 3 aromatic rings. The van der Waals surface area contributed by atoms with Crippen LogP contribution in [0.5, 0.6) is 0 Å². The maximum Gasteiger partial charge on any atom is 0.238 e. The number of nitrogens with two attached hydrogens (primary N) is 1. The van der Waals surface area contributed by atoms with Crippen molar-refractivity contribution in [1.82, 2.24) is 14.3 Å². The van der Waals surface area contributed by atoms with Gasteiger partial charge in [-0.15, -0.1) is 0 Å². The second kappa shape index (κ2) is 9.25.